The monoisotopic (exact) mass is 622 g/mol. The lowest BCUT2D eigenvalue weighted by molar-refractivity contribution is -0.154. The second-order valence-electron chi connectivity index (χ2n) is 9.94. The van der Waals surface area contributed by atoms with Crippen LogP contribution in [0.5, 0.6) is 0 Å². The Morgan fingerprint density at radius 3 is 2.33 bits per heavy atom. The zero-order valence-corrected chi connectivity index (χ0v) is 22.1. The molecule has 5 atom stereocenters. The first-order valence-corrected chi connectivity index (χ1v) is 12.5. The summed E-state index contributed by atoms with van der Waals surface area (Å²) in [6.45, 7) is -0.453. The minimum atomic E-state index is -5.24. The number of ketones is 1. The number of carbonyl (C=O) groups is 3. The number of hydrogen-bond acceptors (Lipinski definition) is 9. The van der Waals surface area contributed by atoms with E-state index in [2.05, 4.69) is 15.6 Å². The molecule has 2 aliphatic rings. The Balaban J connectivity index is 2.05. The topological polar surface area (TPSA) is 233 Å². The lowest BCUT2D eigenvalue weighted by Crippen LogP contribution is -2.69. The smallest absolute Gasteiger partial charge is 0.435 e. The van der Waals surface area contributed by atoms with Gasteiger partial charge in [-0.15, -0.1) is 0 Å². The predicted molar refractivity (Wildman–Crippen MR) is 137 cm³/mol. The highest BCUT2D eigenvalue weighted by atomic mass is 19.4. The zero-order chi connectivity index (χ0) is 32.4. The van der Waals surface area contributed by atoms with E-state index in [0.717, 1.165) is 6.20 Å². The Labute approximate surface area is 239 Å². The molecular weight excluding hydrogens is 594 g/mol. The maximum absolute atomic E-state index is 14.2. The molecule has 13 nitrogen and oxygen atoms in total. The number of carboxylic acid groups (broad SMARTS) is 2. The maximum Gasteiger partial charge on any atom is 0.435 e. The number of halogens is 6. The number of nitrogens with zero attached hydrogens (tertiary/aromatic N) is 2. The molecule has 236 valence electrons. The van der Waals surface area contributed by atoms with Crippen molar-refractivity contribution in [2.24, 2.45) is 22.2 Å². The lowest BCUT2D eigenvalue weighted by atomic mass is 9.89. The van der Waals surface area contributed by atoms with E-state index in [1.165, 1.54) is 0 Å². The summed E-state index contributed by atoms with van der Waals surface area (Å²) in [5, 5.41) is 31.9. The van der Waals surface area contributed by atoms with Crippen LogP contribution in [0, 0.1) is 22.9 Å². The third-order valence-corrected chi connectivity index (χ3v) is 6.90. The van der Waals surface area contributed by atoms with Crippen LogP contribution in [0.3, 0.4) is 0 Å². The Morgan fingerprint density at radius 2 is 1.77 bits per heavy atom. The first kappa shape index (κ1) is 33.1. The molecule has 0 aromatic heterocycles. The Kier molecular flexibility index (Phi) is 9.59. The summed E-state index contributed by atoms with van der Waals surface area (Å²) in [6.07, 6.45) is -6.70. The van der Waals surface area contributed by atoms with E-state index in [0.29, 0.717) is 11.0 Å². The van der Waals surface area contributed by atoms with Crippen LogP contribution < -0.4 is 27.8 Å². The fourth-order valence-corrected chi connectivity index (χ4v) is 4.99. The molecule has 0 saturated carbocycles. The number of alkyl halides is 3. The van der Waals surface area contributed by atoms with Crippen molar-refractivity contribution in [2.45, 2.75) is 61.7 Å². The molecule has 3 rings (SSSR count). The molecule has 2 aliphatic heterocycles. The fourth-order valence-electron chi connectivity index (χ4n) is 4.99. The molecule has 3 unspecified atom stereocenters. The molecule has 19 heteroatoms. The highest BCUT2D eigenvalue weighted by Crippen LogP contribution is 2.43. The van der Waals surface area contributed by atoms with E-state index in [1.54, 1.807) is 0 Å². The molecule has 2 heterocycles. The highest BCUT2D eigenvalue weighted by molar-refractivity contribution is 6.09. The van der Waals surface area contributed by atoms with Gasteiger partial charge in [0.1, 0.15) is 17.9 Å². The van der Waals surface area contributed by atoms with Gasteiger partial charge in [0.05, 0.1) is 11.7 Å². The number of Topliss-reactive ketones (excluding diaryl/α,β-unsaturated/α-hetero) is 1. The van der Waals surface area contributed by atoms with Gasteiger partial charge in [0.25, 0.3) is 5.66 Å². The van der Waals surface area contributed by atoms with Crippen molar-refractivity contribution < 1.29 is 50.9 Å². The maximum atomic E-state index is 14.2. The number of benzene rings is 1. The van der Waals surface area contributed by atoms with Crippen molar-refractivity contribution in [2.75, 3.05) is 6.54 Å². The van der Waals surface area contributed by atoms with E-state index >= 15 is 0 Å². The van der Waals surface area contributed by atoms with Crippen molar-refractivity contribution in [3.63, 3.8) is 0 Å². The summed E-state index contributed by atoms with van der Waals surface area (Å²) in [5.41, 5.74) is 10.9. The van der Waals surface area contributed by atoms with Crippen molar-refractivity contribution >= 4 is 29.4 Å². The standard InChI is InChI=1S/C24H28F6N8O5/c25-11-6-13(27)12(26)4-9(11)3-10(31)5-17(39)15-7-35-8-16-19(24(28,29)30)37-23(21(42)43,38(15)16)18(36-22(33)34)2-1-14(32)20(40)41/h4,6,8,10,14-15,18,35H,1-3,5,7,31-32H2,(H,40,41)(H,42,43)(H4,33,34,36)/t10?,14-,15?,18+,23?/m0/s1. The number of aliphatic imine (C=N–C) groups is 1. The Bertz CT molecular complexity index is 1370. The molecule has 11 N–H and O–H groups in total. The second-order valence-corrected chi connectivity index (χ2v) is 9.94. The molecule has 0 radical (unpaired) electrons. The van der Waals surface area contributed by atoms with Gasteiger partial charge in [0, 0.05) is 31.3 Å². The largest absolute Gasteiger partial charge is 0.480 e. The van der Waals surface area contributed by atoms with Gasteiger partial charge >= 0.3 is 18.1 Å². The van der Waals surface area contributed by atoms with Crippen LogP contribution in [-0.2, 0) is 20.8 Å². The summed E-state index contributed by atoms with van der Waals surface area (Å²) >= 11 is 0. The van der Waals surface area contributed by atoms with Crippen molar-refractivity contribution in [3.8, 4) is 0 Å². The number of nitrogens with two attached hydrogens (primary N) is 3. The molecule has 43 heavy (non-hydrogen) atoms. The number of guanidine groups is 1. The van der Waals surface area contributed by atoms with Crippen LogP contribution in [0.2, 0.25) is 0 Å². The van der Waals surface area contributed by atoms with Gasteiger partial charge in [0.15, 0.2) is 29.1 Å². The first-order chi connectivity index (χ1) is 19.9. The number of fused-ring (bicyclic) bond motifs is 1. The number of rotatable bonds is 12. The van der Waals surface area contributed by atoms with Crippen LogP contribution in [0.15, 0.2) is 29.0 Å². The van der Waals surface area contributed by atoms with E-state index in [9.17, 15) is 45.8 Å². The van der Waals surface area contributed by atoms with Gasteiger partial charge in [-0.2, -0.15) is 13.2 Å². The van der Waals surface area contributed by atoms with E-state index in [-0.39, 0.29) is 11.6 Å². The van der Waals surface area contributed by atoms with Gasteiger partial charge < -0.3 is 42.9 Å². The molecule has 0 spiro atoms. The SMILES string of the molecule is N=C(N)N[C@H](CC[C@H](N)C(=O)O)C1(C(=O)O)N=C(C(F)(F)F)C2=CNCC(C(=O)CC(N)Cc3cc(F)c(F)cc3F)N21. The summed E-state index contributed by atoms with van der Waals surface area (Å²) < 4.78 is 83.5. The number of hydrogen-bond donors (Lipinski definition) is 8. The Hall–Kier alpha value is -4.39. The van der Waals surface area contributed by atoms with Gasteiger partial charge in [-0.3, -0.25) is 15.0 Å². The number of carboxylic acids is 2. The van der Waals surface area contributed by atoms with E-state index in [4.69, 9.17) is 27.7 Å². The summed E-state index contributed by atoms with van der Waals surface area (Å²) in [5.74, 6) is -9.33. The van der Waals surface area contributed by atoms with Gasteiger partial charge in [0.2, 0.25) is 0 Å². The molecule has 1 aromatic rings. The number of carbonyl (C=O) groups excluding carboxylic acids is 1. The summed E-state index contributed by atoms with van der Waals surface area (Å²) in [6, 6.07) is -5.57. The number of nitrogens with one attached hydrogen (secondary N) is 3. The number of aliphatic carboxylic acids is 2. The molecule has 0 aliphatic carbocycles. The minimum Gasteiger partial charge on any atom is -0.480 e. The van der Waals surface area contributed by atoms with Crippen molar-refractivity contribution in [1.29, 1.82) is 5.41 Å². The third kappa shape index (κ3) is 6.82. The minimum absolute atomic E-state index is 0.279. The Morgan fingerprint density at radius 1 is 1.14 bits per heavy atom. The van der Waals surface area contributed by atoms with Crippen LogP contribution in [-0.4, -0.2) is 87.1 Å². The quantitative estimate of drug-likeness (QED) is 0.0663. The molecular formula is C24H28F6N8O5. The van der Waals surface area contributed by atoms with Gasteiger partial charge in [-0.1, -0.05) is 0 Å². The lowest BCUT2D eigenvalue weighted by Gasteiger charge is -2.46. The van der Waals surface area contributed by atoms with Crippen molar-refractivity contribution in [1.82, 2.24) is 15.5 Å². The molecule has 0 bridgehead atoms. The average molecular weight is 623 g/mol. The molecule has 0 fully saturated rings. The highest BCUT2D eigenvalue weighted by Gasteiger charge is 2.63. The predicted octanol–water partition coefficient (Wildman–Crippen LogP) is -0.110. The second kappa shape index (κ2) is 12.5. The molecule has 0 amide bonds. The van der Waals surface area contributed by atoms with E-state index < -0.39 is 121 Å². The van der Waals surface area contributed by atoms with Crippen LogP contribution in [0.25, 0.3) is 0 Å². The van der Waals surface area contributed by atoms with Crippen LogP contribution >= 0.6 is 0 Å². The van der Waals surface area contributed by atoms with E-state index in [1.807, 2.05) is 0 Å². The van der Waals surface area contributed by atoms with Gasteiger partial charge in [-0.25, -0.2) is 23.0 Å². The van der Waals surface area contributed by atoms with Crippen LogP contribution in [0.1, 0.15) is 24.8 Å². The summed E-state index contributed by atoms with van der Waals surface area (Å²) in [7, 11) is 0. The molecule has 1 aromatic carbocycles. The summed E-state index contributed by atoms with van der Waals surface area (Å²) in [4.78, 5) is 41.7. The number of allylic oxidation sites excluding steroid dienone is 1. The first-order valence-electron chi connectivity index (χ1n) is 12.5. The average Bonchev–Trinajstić information content (AvgIpc) is 3.26. The third-order valence-electron chi connectivity index (χ3n) is 6.90. The van der Waals surface area contributed by atoms with Gasteiger partial charge in [-0.05, 0) is 30.9 Å². The molecule has 0 saturated heterocycles. The normalized spacial score (nSPS) is 22.0. The zero-order valence-electron chi connectivity index (χ0n) is 22.1. The fraction of sp³-hybridized carbons (Fsp3) is 0.458. The van der Waals surface area contributed by atoms with Crippen molar-refractivity contribution in [3.05, 3.63) is 47.0 Å². The van der Waals surface area contributed by atoms with Crippen LogP contribution in [0.4, 0.5) is 26.3 Å².